The van der Waals surface area contributed by atoms with Crippen molar-refractivity contribution >= 4 is 17.3 Å². The molecule has 5 atom stereocenters. The van der Waals surface area contributed by atoms with Crippen LogP contribution in [0.2, 0.25) is 0 Å². The molecule has 0 saturated heterocycles. The Labute approximate surface area is 137 Å². The first-order valence-corrected chi connectivity index (χ1v) is 8.90. The van der Waals surface area contributed by atoms with Crippen molar-refractivity contribution in [2.45, 2.75) is 58.8 Å². The highest BCUT2D eigenvalue weighted by Gasteiger charge is 2.63. The van der Waals surface area contributed by atoms with Gasteiger partial charge in [0.05, 0.1) is 6.42 Å². The minimum atomic E-state index is -0.342. The Morgan fingerprint density at radius 1 is 1.09 bits per heavy atom. The molecule has 0 spiro atoms. The van der Waals surface area contributed by atoms with Gasteiger partial charge in [0, 0.05) is 11.8 Å². The minimum Gasteiger partial charge on any atom is -0.361 e. The maximum atomic E-state index is 12.6. The van der Waals surface area contributed by atoms with Gasteiger partial charge in [0.1, 0.15) is 0 Å². The molecule has 4 aliphatic rings. The van der Waals surface area contributed by atoms with Crippen LogP contribution in [-0.2, 0) is 9.59 Å². The number of allylic oxidation sites excluding steroid dienone is 1. The largest absolute Gasteiger partial charge is 0.361 e. The van der Waals surface area contributed by atoms with Crippen LogP contribution in [0.5, 0.6) is 0 Å². The molecule has 4 nitrogen and oxygen atoms in total. The Morgan fingerprint density at radius 3 is 2.61 bits per heavy atom. The van der Waals surface area contributed by atoms with Crippen molar-refractivity contribution in [2.75, 3.05) is 0 Å². The van der Waals surface area contributed by atoms with E-state index in [2.05, 4.69) is 18.6 Å². The van der Waals surface area contributed by atoms with Crippen LogP contribution in [0.1, 0.15) is 58.8 Å². The number of ketones is 2. The van der Waals surface area contributed by atoms with Gasteiger partial charge in [0.25, 0.3) is 0 Å². The van der Waals surface area contributed by atoms with E-state index in [0.717, 1.165) is 32.1 Å². The molecular weight excluding hydrogens is 288 g/mol. The minimum absolute atomic E-state index is 0.0637. The van der Waals surface area contributed by atoms with Gasteiger partial charge in [-0.1, -0.05) is 19.4 Å². The predicted octanol–water partition coefficient (Wildman–Crippen LogP) is 3.37. The smallest absolute Gasteiger partial charge is 0.335 e. The Bertz CT molecular complexity index is 687. The van der Waals surface area contributed by atoms with Gasteiger partial charge in [-0.15, -0.1) is 0 Å². The van der Waals surface area contributed by atoms with Crippen LogP contribution in [0.3, 0.4) is 0 Å². The number of carbonyl (C=O) groups is 2. The monoisotopic (exact) mass is 312 g/mol. The van der Waals surface area contributed by atoms with Crippen molar-refractivity contribution in [1.82, 2.24) is 0 Å². The van der Waals surface area contributed by atoms with Crippen LogP contribution >= 0.6 is 0 Å². The third kappa shape index (κ3) is 1.85. The lowest BCUT2D eigenvalue weighted by Gasteiger charge is -2.56. The number of fused-ring (bicyclic) bond motifs is 5. The number of nitrogens with zero attached hydrogens (tertiary/aromatic N) is 2. The molecule has 3 saturated carbocycles. The Hall–Kier alpha value is -1.54. The fourth-order valence-corrected chi connectivity index (χ4v) is 6.25. The van der Waals surface area contributed by atoms with Gasteiger partial charge in [-0.2, -0.15) is 4.79 Å². The first-order valence-electron chi connectivity index (χ1n) is 8.90. The lowest BCUT2D eigenvalue weighted by atomic mass is 9.47. The highest BCUT2D eigenvalue weighted by Crippen LogP contribution is 2.63. The van der Waals surface area contributed by atoms with Crippen molar-refractivity contribution < 1.29 is 14.4 Å². The molecule has 0 radical (unpaired) electrons. The molecule has 0 bridgehead atoms. The lowest BCUT2D eigenvalue weighted by molar-refractivity contribution is -0.131. The summed E-state index contributed by atoms with van der Waals surface area (Å²) >= 11 is 0. The molecule has 4 heteroatoms. The Kier molecular flexibility index (Phi) is 3.09. The maximum Gasteiger partial charge on any atom is 0.335 e. The summed E-state index contributed by atoms with van der Waals surface area (Å²) in [5, 5.41) is 0. The molecule has 3 fully saturated rings. The highest BCUT2D eigenvalue weighted by molar-refractivity contribution is 6.41. The topological polar surface area (TPSA) is 70.5 Å². The SMILES string of the molecule is C[C@]12CCC(=O)C=C1CC[C@@H]1[C@@H]2CC[C@]2(C)C(=O)C(=[N+]=[N-])C[C@@H]12. The molecule has 0 aromatic carbocycles. The predicted molar refractivity (Wildman–Crippen MR) is 85.7 cm³/mol. The summed E-state index contributed by atoms with van der Waals surface area (Å²) in [7, 11) is 0. The van der Waals surface area contributed by atoms with Gasteiger partial charge >= 0.3 is 5.71 Å². The molecule has 0 unspecified atom stereocenters. The van der Waals surface area contributed by atoms with Gasteiger partial charge in [-0.25, -0.2) is 0 Å². The van der Waals surface area contributed by atoms with E-state index < -0.39 is 0 Å². The van der Waals surface area contributed by atoms with Gasteiger partial charge < -0.3 is 5.53 Å². The van der Waals surface area contributed by atoms with E-state index in [9.17, 15) is 15.1 Å². The summed E-state index contributed by atoms with van der Waals surface area (Å²) in [6.45, 7) is 4.41. The van der Waals surface area contributed by atoms with Crippen molar-refractivity contribution in [1.29, 1.82) is 0 Å². The summed E-state index contributed by atoms with van der Waals surface area (Å²) in [5.74, 6) is 1.71. The third-order valence-electron chi connectivity index (χ3n) is 7.67. The molecule has 0 heterocycles. The average Bonchev–Trinajstić information content (AvgIpc) is 2.79. The van der Waals surface area contributed by atoms with Gasteiger partial charge in [-0.3, -0.25) is 9.59 Å². The van der Waals surface area contributed by atoms with Crippen LogP contribution in [-0.4, -0.2) is 22.1 Å². The van der Waals surface area contributed by atoms with Gasteiger partial charge in [0.2, 0.25) is 5.78 Å². The third-order valence-corrected chi connectivity index (χ3v) is 7.67. The van der Waals surface area contributed by atoms with Gasteiger partial charge in [-0.05, 0) is 61.3 Å². The highest BCUT2D eigenvalue weighted by atomic mass is 16.1. The van der Waals surface area contributed by atoms with Crippen LogP contribution in [0.25, 0.3) is 5.53 Å². The quantitative estimate of drug-likeness (QED) is 0.508. The maximum absolute atomic E-state index is 12.6. The van der Waals surface area contributed by atoms with E-state index in [1.54, 1.807) is 0 Å². The molecule has 0 N–H and O–H groups in total. The molecular formula is C19H24N2O2. The average molecular weight is 312 g/mol. The first kappa shape index (κ1) is 15.0. The van der Waals surface area contributed by atoms with Crippen LogP contribution < -0.4 is 0 Å². The number of hydrogen-bond donors (Lipinski definition) is 0. The Balaban J connectivity index is 1.73. The summed E-state index contributed by atoms with van der Waals surface area (Å²) in [5.41, 5.74) is 10.7. The lowest BCUT2D eigenvalue weighted by Crippen LogP contribution is -2.50. The second kappa shape index (κ2) is 4.73. The van der Waals surface area contributed by atoms with E-state index in [-0.39, 0.29) is 22.4 Å². The number of hydrogen-bond acceptors (Lipinski definition) is 2. The zero-order chi connectivity index (χ0) is 16.4. The zero-order valence-corrected chi connectivity index (χ0v) is 14.0. The van der Waals surface area contributed by atoms with Crippen LogP contribution in [0, 0.1) is 28.6 Å². The fraction of sp³-hybridized carbons (Fsp3) is 0.737. The number of carbonyl (C=O) groups excluding carboxylic acids is 2. The second-order valence-electron chi connectivity index (χ2n) is 8.50. The molecule has 0 aromatic heterocycles. The summed E-state index contributed by atoms with van der Waals surface area (Å²) in [6, 6.07) is 0. The Morgan fingerprint density at radius 2 is 1.87 bits per heavy atom. The van der Waals surface area contributed by atoms with E-state index >= 15 is 0 Å². The molecule has 4 rings (SSSR count). The van der Waals surface area contributed by atoms with Crippen LogP contribution in [0.15, 0.2) is 11.6 Å². The van der Waals surface area contributed by atoms with Crippen LogP contribution in [0.4, 0.5) is 0 Å². The van der Waals surface area contributed by atoms with E-state index in [1.165, 1.54) is 5.57 Å². The first-order chi connectivity index (χ1) is 10.9. The second-order valence-corrected chi connectivity index (χ2v) is 8.50. The number of Topliss-reactive ketones (excluding diaryl/α,β-unsaturated/α-hetero) is 1. The van der Waals surface area contributed by atoms with E-state index in [4.69, 9.17) is 0 Å². The van der Waals surface area contributed by atoms with E-state index in [1.807, 2.05) is 6.08 Å². The van der Waals surface area contributed by atoms with Crippen molar-refractivity contribution in [3.63, 3.8) is 0 Å². The normalized spacial score (nSPS) is 45.7. The standard InChI is InChI=1S/C19H24N2O2/c1-18-7-5-12(22)9-11(18)3-4-13-14(18)6-8-19(2)15(13)10-16(21-20)17(19)23/h9,13-15H,3-8,10H2,1-2H3/t13-,14+,15+,18+,19+/m1/s1. The number of rotatable bonds is 0. The van der Waals surface area contributed by atoms with E-state index in [0.29, 0.717) is 36.3 Å². The zero-order valence-electron chi connectivity index (χ0n) is 14.0. The van der Waals surface area contributed by atoms with Crippen molar-refractivity contribution in [3.8, 4) is 0 Å². The molecule has 4 aliphatic carbocycles. The summed E-state index contributed by atoms with van der Waals surface area (Å²) < 4.78 is 0. The molecule has 0 aliphatic heterocycles. The molecule has 0 aromatic rings. The van der Waals surface area contributed by atoms with Crippen molar-refractivity contribution in [3.05, 3.63) is 17.2 Å². The van der Waals surface area contributed by atoms with Gasteiger partial charge in [0.15, 0.2) is 5.78 Å². The summed E-state index contributed by atoms with van der Waals surface area (Å²) in [6.07, 6.45) is 8.12. The fourth-order valence-electron chi connectivity index (χ4n) is 6.25. The summed E-state index contributed by atoms with van der Waals surface area (Å²) in [4.78, 5) is 27.7. The van der Waals surface area contributed by atoms with Crippen molar-refractivity contribution in [2.24, 2.45) is 28.6 Å². The molecule has 122 valence electrons. The molecule has 23 heavy (non-hydrogen) atoms. The molecule has 0 amide bonds.